The Morgan fingerprint density at radius 1 is 1.59 bits per heavy atom. The van der Waals surface area contributed by atoms with Crippen molar-refractivity contribution in [3.63, 3.8) is 0 Å². The Hall–Kier alpha value is -1.35. The molecule has 92 valence electrons. The maximum atomic E-state index is 11.9. The molecule has 1 saturated heterocycles. The zero-order valence-corrected chi connectivity index (χ0v) is 10.3. The van der Waals surface area contributed by atoms with Crippen LogP contribution in [0, 0.1) is 0 Å². The minimum absolute atomic E-state index is 0.373. The third-order valence-electron chi connectivity index (χ3n) is 2.25. The smallest absolute Gasteiger partial charge is 0.327 e. The lowest BCUT2D eigenvalue weighted by atomic mass is 10.3. The van der Waals surface area contributed by atoms with E-state index in [0.29, 0.717) is 17.4 Å². The lowest BCUT2D eigenvalue weighted by Gasteiger charge is -2.32. The van der Waals surface area contributed by atoms with Gasteiger partial charge in [0.2, 0.25) is 5.13 Å². The summed E-state index contributed by atoms with van der Waals surface area (Å²) in [5.74, 6) is 0.177. The molecule has 2 N–H and O–H groups in total. The summed E-state index contributed by atoms with van der Waals surface area (Å²) in [6.07, 6.45) is 0. The molecular weight excluding hydrogens is 264 g/mol. The fraction of sp³-hybridized carbons (Fsp3) is 0.500. The van der Waals surface area contributed by atoms with E-state index in [1.54, 1.807) is 0 Å². The summed E-state index contributed by atoms with van der Waals surface area (Å²) in [4.78, 5) is 24.2. The van der Waals surface area contributed by atoms with Crippen LogP contribution in [0.5, 0.6) is 0 Å². The van der Waals surface area contributed by atoms with E-state index >= 15 is 0 Å². The number of carboxylic acid groups (broad SMARTS) is 1. The Bertz CT molecular complexity index is 411. The molecule has 1 aromatic heterocycles. The molecule has 0 spiro atoms. The SMILES string of the molecule is O=C(O)C1CSCCN1C(=O)Nc1nncs1. The van der Waals surface area contributed by atoms with Crippen LogP contribution in [0.3, 0.4) is 0 Å². The highest BCUT2D eigenvalue weighted by atomic mass is 32.2. The van der Waals surface area contributed by atoms with E-state index in [0.717, 1.165) is 5.75 Å². The number of carbonyl (C=O) groups is 2. The molecule has 0 aliphatic carbocycles. The number of amides is 2. The minimum Gasteiger partial charge on any atom is -0.480 e. The van der Waals surface area contributed by atoms with Crippen molar-refractivity contribution in [2.24, 2.45) is 0 Å². The molecule has 2 amide bonds. The number of aliphatic carboxylic acids is 1. The predicted molar refractivity (Wildman–Crippen MR) is 64.4 cm³/mol. The normalized spacial score (nSPS) is 20.0. The molecule has 2 rings (SSSR count). The van der Waals surface area contributed by atoms with E-state index < -0.39 is 18.0 Å². The number of carboxylic acids is 1. The van der Waals surface area contributed by atoms with Crippen LogP contribution in [-0.2, 0) is 4.79 Å². The molecule has 0 saturated carbocycles. The summed E-state index contributed by atoms with van der Waals surface area (Å²) in [5, 5.41) is 19.2. The first-order valence-corrected chi connectivity index (χ1v) is 6.86. The number of nitrogens with one attached hydrogen (secondary N) is 1. The van der Waals surface area contributed by atoms with Crippen LogP contribution in [-0.4, -0.2) is 56.3 Å². The quantitative estimate of drug-likeness (QED) is 0.818. The third kappa shape index (κ3) is 2.86. The molecule has 0 bridgehead atoms. The average molecular weight is 274 g/mol. The van der Waals surface area contributed by atoms with Crippen LogP contribution >= 0.6 is 23.1 Å². The first-order chi connectivity index (χ1) is 8.18. The van der Waals surface area contributed by atoms with Crippen LogP contribution < -0.4 is 5.32 Å². The standard InChI is InChI=1S/C8H10N4O3S2/c13-6(14)5-3-16-2-1-12(5)8(15)10-7-11-9-4-17-7/h4-5H,1-3H2,(H,13,14)(H,10,11,15). The minimum atomic E-state index is -0.982. The summed E-state index contributed by atoms with van der Waals surface area (Å²) in [5.41, 5.74) is 1.50. The van der Waals surface area contributed by atoms with E-state index in [-0.39, 0.29) is 0 Å². The van der Waals surface area contributed by atoms with Gasteiger partial charge in [0.1, 0.15) is 11.6 Å². The Balaban J connectivity index is 2.03. The van der Waals surface area contributed by atoms with Crippen molar-refractivity contribution < 1.29 is 14.7 Å². The second-order valence-electron chi connectivity index (χ2n) is 3.30. The van der Waals surface area contributed by atoms with E-state index in [4.69, 9.17) is 5.11 Å². The largest absolute Gasteiger partial charge is 0.480 e. The molecule has 1 aliphatic heterocycles. The van der Waals surface area contributed by atoms with Crippen molar-refractivity contribution >= 4 is 40.2 Å². The van der Waals surface area contributed by atoms with Crippen LogP contribution in [0.2, 0.25) is 0 Å². The summed E-state index contributed by atoms with van der Waals surface area (Å²) >= 11 is 2.72. The van der Waals surface area contributed by atoms with E-state index in [1.165, 1.54) is 33.5 Å². The van der Waals surface area contributed by atoms with Gasteiger partial charge < -0.3 is 10.0 Å². The Morgan fingerprint density at radius 3 is 3.06 bits per heavy atom. The van der Waals surface area contributed by atoms with E-state index in [1.807, 2.05) is 0 Å². The summed E-state index contributed by atoms with van der Waals surface area (Å²) in [7, 11) is 0. The van der Waals surface area contributed by atoms with Gasteiger partial charge in [-0.1, -0.05) is 11.3 Å². The predicted octanol–water partition coefficient (Wildman–Crippen LogP) is 0.572. The number of aromatic nitrogens is 2. The maximum absolute atomic E-state index is 11.9. The van der Waals surface area contributed by atoms with E-state index in [9.17, 15) is 9.59 Å². The van der Waals surface area contributed by atoms with Crippen LogP contribution in [0.4, 0.5) is 9.93 Å². The topological polar surface area (TPSA) is 95.4 Å². The average Bonchev–Trinajstić information content (AvgIpc) is 2.81. The van der Waals surface area contributed by atoms with Crippen LogP contribution in [0.1, 0.15) is 0 Å². The van der Waals surface area contributed by atoms with Crippen molar-refractivity contribution in [1.82, 2.24) is 15.1 Å². The maximum Gasteiger partial charge on any atom is 0.327 e. The Morgan fingerprint density at radius 2 is 2.41 bits per heavy atom. The molecule has 1 aromatic rings. The van der Waals surface area contributed by atoms with Gasteiger partial charge in [-0.3, -0.25) is 5.32 Å². The highest BCUT2D eigenvalue weighted by molar-refractivity contribution is 7.99. The third-order valence-corrected chi connectivity index (χ3v) is 3.88. The molecule has 17 heavy (non-hydrogen) atoms. The van der Waals surface area contributed by atoms with Gasteiger partial charge in [-0.25, -0.2) is 9.59 Å². The van der Waals surface area contributed by atoms with Gasteiger partial charge >= 0.3 is 12.0 Å². The molecule has 2 heterocycles. The zero-order valence-electron chi connectivity index (χ0n) is 8.70. The number of nitrogens with zero attached hydrogens (tertiary/aromatic N) is 3. The zero-order chi connectivity index (χ0) is 12.3. The number of rotatable bonds is 2. The molecule has 1 aliphatic rings. The first kappa shape index (κ1) is 12.1. The highest BCUT2D eigenvalue weighted by Gasteiger charge is 2.32. The van der Waals surface area contributed by atoms with Gasteiger partial charge in [-0.2, -0.15) is 11.8 Å². The fourth-order valence-corrected chi connectivity index (χ4v) is 2.92. The highest BCUT2D eigenvalue weighted by Crippen LogP contribution is 2.18. The van der Waals surface area contributed by atoms with Crippen molar-refractivity contribution in [3.8, 4) is 0 Å². The van der Waals surface area contributed by atoms with Gasteiger partial charge in [0.05, 0.1) is 0 Å². The second kappa shape index (κ2) is 5.32. The number of urea groups is 1. The van der Waals surface area contributed by atoms with Gasteiger partial charge in [0.25, 0.3) is 0 Å². The molecule has 1 fully saturated rings. The molecule has 1 atom stereocenters. The molecule has 0 aromatic carbocycles. The molecular formula is C8H10N4O3S2. The first-order valence-electron chi connectivity index (χ1n) is 4.83. The van der Waals surface area contributed by atoms with Crippen molar-refractivity contribution in [1.29, 1.82) is 0 Å². The van der Waals surface area contributed by atoms with Gasteiger partial charge in [0, 0.05) is 18.1 Å². The number of hydrogen-bond donors (Lipinski definition) is 2. The summed E-state index contributed by atoms with van der Waals surface area (Å²) in [6, 6.07) is -1.21. The summed E-state index contributed by atoms with van der Waals surface area (Å²) < 4.78 is 0. The van der Waals surface area contributed by atoms with Gasteiger partial charge in [0.15, 0.2) is 0 Å². The van der Waals surface area contributed by atoms with Gasteiger partial charge in [-0.15, -0.1) is 10.2 Å². The molecule has 1 unspecified atom stereocenters. The monoisotopic (exact) mass is 274 g/mol. The van der Waals surface area contributed by atoms with Crippen molar-refractivity contribution in [2.45, 2.75) is 6.04 Å². The fourth-order valence-electron chi connectivity index (χ4n) is 1.44. The molecule has 0 radical (unpaired) electrons. The van der Waals surface area contributed by atoms with Gasteiger partial charge in [-0.05, 0) is 0 Å². The van der Waals surface area contributed by atoms with Crippen LogP contribution in [0.15, 0.2) is 5.51 Å². The van der Waals surface area contributed by atoms with Crippen LogP contribution in [0.25, 0.3) is 0 Å². The van der Waals surface area contributed by atoms with Crippen molar-refractivity contribution in [3.05, 3.63) is 5.51 Å². The van der Waals surface area contributed by atoms with Crippen molar-refractivity contribution in [2.75, 3.05) is 23.4 Å². The molecule has 7 nitrogen and oxygen atoms in total. The Kier molecular flexibility index (Phi) is 3.79. The molecule has 9 heteroatoms. The number of hydrogen-bond acceptors (Lipinski definition) is 6. The number of carbonyl (C=O) groups excluding carboxylic acids is 1. The number of thioether (sulfide) groups is 1. The lowest BCUT2D eigenvalue weighted by molar-refractivity contribution is -0.141. The summed E-state index contributed by atoms with van der Waals surface area (Å²) in [6.45, 7) is 0.423. The lowest BCUT2D eigenvalue weighted by Crippen LogP contribution is -2.51. The Labute approximate surface area is 105 Å². The second-order valence-corrected chi connectivity index (χ2v) is 5.28. The number of anilines is 1. The van der Waals surface area contributed by atoms with E-state index in [2.05, 4.69) is 15.5 Å².